The minimum Gasteiger partial charge on any atom is -0.308 e. The van der Waals surface area contributed by atoms with Crippen molar-refractivity contribution in [1.82, 2.24) is 20.1 Å². The molecule has 90 valence electrons. The summed E-state index contributed by atoms with van der Waals surface area (Å²) in [5.41, 5.74) is 2.71. The summed E-state index contributed by atoms with van der Waals surface area (Å²) < 4.78 is 15.0. The first-order chi connectivity index (χ1) is 8.11. The quantitative estimate of drug-likeness (QED) is 0.876. The van der Waals surface area contributed by atoms with Gasteiger partial charge >= 0.3 is 0 Å². The van der Waals surface area contributed by atoms with Crippen LogP contribution in [0, 0.1) is 12.7 Å². The average molecular weight is 234 g/mol. The van der Waals surface area contributed by atoms with Gasteiger partial charge in [-0.15, -0.1) is 0 Å². The third kappa shape index (κ3) is 2.34. The highest BCUT2D eigenvalue weighted by molar-refractivity contribution is 5.26. The molecule has 2 rings (SSSR count). The molecule has 1 unspecified atom stereocenters. The van der Waals surface area contributed by atoms with Gasteiger partial charge in [0.2, 0.25) is 0 Å². The topological polar surface area (TPSA) is 42.7 Å². The molecule has 0 saturated heterocycles. The number of rotatable bonds is 3. The first-order valence-electron chi connectivity index (χ1n) is 5.40. The normalized spacial score (nSPS) is 12.7. The fraction of sp³-hybridized carbons (Fsp3) is 0.333. The maximum atomic E-state index is 13.2. The van der Waals surface area contributed by atoms with E-state index in [0.29, 0.717) is 0 Å². The van der Waals surface area contributed by atoms with Gasteiger partial charge in [-0.1, -0.05) is 0 Å². The number of halogens is 1. The number of hydrogen-bond acceptors (Lipinski definition) is 3. The maximum absolute atomic E-state index is 13.2. The molecule has 0 spiro atoms. The molecule has 0 saturated carbocycles. The van der Waals surface area contributed by atoms with Crippen LogP contribution in [-0.4, -0.2) is 21.8 Å². The molecule has 1 atom stereocenters. The Bertz CT molecular complexity index is 521. The minimum absolute atomic E-state index is 0.107. The third-order valence-corrected chi connectivity index (χ3v) is 2.68. The largest absolute Gasteiger partial charge is 0.308 e. The molecular weight excluding hydrogens is 219 g/mol. The van der Waals surface area contributed by atoms with Gasteiger partial charge in [0.25, 0.3) is 0 Å². The van der Waals surface area contributed by atoms with E-state index < -0.39 is 0 Å². The van der Waals surface area contributed by atoms with Crippen LogP contribution in [-0.2, 0) is 7.05 Å². The number of hydrogen-bond donors (Lipinski definition) is 1. The predicted molar refractivity (Wildman–Crippen MR) is 63.0 cm³/mol. The summed E-state index contributed by atoms with van der Waals surface area (Å²) in [5.74, 6) is -0.332. The van der Waals surface area contributed by atoms with E-state index in [0.717, 1.165) is 17.0 Å². The van der Waals surface area contributed by atoms with Crippen LogP contribution in [0.4, 0.5) is 4.39 Å². The van der Waals surface area contributed by atoms with Crippen molar-refractivity contribution in [3.05, 3.63) is 47.3 Å². The molecule has 0 fully saturated rings. The van der Waals surface area contributed by atoms with E-state index in [1.807, 2.05) is 27.1 Å². The van der Waals surface area contributed by atoms with Crippen molar-refractivity contribution in [3.63, 3.8) is 0 Å². The Morgan fingerprint density at radius 3 is 2.65 bits per heavy atom. The van der Waals surface area contributed by atoms with Crippen LogP contribution in [0.5, 0.6) is 0 Å². The van der Waals surface area contributed by atoms with E-state index in [9.17, 15) is 4.39 Å². The second-order valence-electron chi connectivity index (χ2n) is 3.99. The van der Waals surface area contributed by atoms with Gasteiger partial charge < -0.3 is 5.32 Å². The summed E-state index contributed by atoms with van der Waals surface area (Å²) in [5, 5.41) is 7.44. The van der Waals surface area contributed by atoms with Gasteiger partial charge in [-0.3, -0.25) is 9.67 Å². The molecule has 2 aromatic rings. The minimum atomic E-state index is -0.332. The number of nitrogens with one attached hydrogen (secondary N) is 1. The third-order valence-electron chi connectivity index (χ3n) is 2.68. The Labute approximate surface area is 99.5 Å². The van der Waals surface area contributed by atoms with Crippen molar-refractivity contribution in [2.75, 3.05) is 7.05 Å². The Hall–Kier alpha value is -1.75. The standard InChI is InChI=1S/C12H15FN4/c1-8-4-11(17(3)16-8)12(14-2)9-5-10(13)7-15-6-9/h4-7,12,14H,1-3H3. The van der Waals surface area contributed by atoms with E-state index in [1.54, 1.807) is 10.9 Å². The van der Waals surface area contributed by atoms with E-state index in [1.165, 1.54) is 12.3 Å². The summed E-state index contributed by atoms with van der Waals surface area (Å²) in [6.45, 7) is 1.93. The molecule has 1 N–H and O–H groups in total. The molecule has 0 radical (unpaired) electrons. The van der Waals surface area contributed by atoms with Crippen LogP contribution in [0.2, 0.25) is 0 Å². The van der Waals surface area contributed by atoms with Gasteiger partial charge in [0.1, 0.15) is 5.82 Å². The van der Waals surface area contributed by atoms with Crippen LogP contribution in [0.1, 0.15) is 23.0 Å². The van der Waals surface area contributed by atoms with Crippen molar-refractivity contribution in [2.24, 2.45) is 7.05 Å². The molecule has 0 aliphatic heterocycles. The van der Waals surface area contributed by atoms with Crippen LogP contribution < -0.4 is 5.32 Å². The van der Waals surface area contributed by atoms with Crippen LogP contribution in [0.15, 0.2) is 24.5 Å². The second-order valence-corrected chi connectivity index (χ2v) is 3.99. The van der Waals surface area contributed by atoms with Crippen molar-refractivity contribution in [2.45, 2.75) is 13.0 Å². The number of aryl methyl sites for hydroxylation is 2. The molecule has 0 bridgehead atoms. The van der Waals surface area contributed by atoms with Gasteiger partial charge in [0.05, 0.1) is 23.6 Å². The highest BCUT2D eigenvalue weighted by Gasteiger charge is 2.17. The lowest BCUT2D eigenvalue weighted by atomic mass is 10.1. The lowest BCUT2D eigenvalue weighted by Crippen LogP contribution is -2.20. The summed E-state index contributed by atoms with van der Waals surface area (Å²) >= 11 is 0. The van der Waals surface area contributed by atoms with Crippen molar-refractivity contribution in [3.8, 4) is 0 Å². The van der Waals surface area contributed by atoms with Gasteiger partial charge in [-0.2, -0.15) is 5.10 Å². The summed E-state index contributed by atoms with van der Waals surface area (Å²) in [7, 11) is 3.71. The zero-order chi connectivity index (χ0) is 12.4. The first-order valence-corrected chi connectivity index (χ1v) is 5.40. The van der Waals surface area contributed by atoms with E-state index >= 15 is 0 Å². The molecule has 5 heteroatoms. The maximum Gasteiger partial charge on any atom is 0.141 e. The molecule has 0 aliphatic rings. The van der Waals surface area contributed by atoms with Crippen LogP contribution in [0.25, 0.3) is 0 Å². The fourth-order valence-corrected chi connectivity index (χ4v) is 1.97. The lowest BCUT2D eigenvalue weighted by Gasteiger charge is -2.16. The predicted octanol–water partition coefficient (Wildman–Crippen LogP) is 1.57. The molecule has 4 nitrogen and oxygen atoms in total. The summed E-state index contributed by atoms with van der Waals surface area (Å²) in [4.78, 5) is 3.87. The SMILES string of the molecule is CNC(c1cncc(F)c1)c1cc(C)nn1C. The first kappa shape index (κ1) is 11.7. The zero-order valence-electron chi connectivity index (χ0n) is 10.1. The number of nitrogens with zero attached hydrogens (tertiary/aromatic N) is 3. The lowest BCUT2D eigenvalue weighted by molar-refractivity contribution is 0.585. The number of aromatic nitrogens is 3. The molecule has 17 heavy (non-hydrogen) atoms. The summed E-state index contributed by atoms with van der Waals surface area (Å²) in [6.07, 6.45) is 2.86. The van der Waals surface area contributed by atoms with E-state index in [4.69, 9.17) is 0 Å². The molecule has 2 heterocycles. The Morgan fingerprint density at radius 1 is 1.35 bits per heavy atom. The van der Waals surface area contributed by atoms with Gasteiger partial charge in [-0.05, 0) is 31.7 Å². The average Bonchev–Trinajstić information content (AvgIpc) is 2.59. The van der Waals surface area contributed by atoms with Crippen molar-refractivity contribution < 1.29 is 4.39 Å². The molecule has 0 aliphatic carbocycles. The Balaban J connectivity index is 2.43. The fourth-order valence-electron chi connectivity index (χ4n) is 1.97. The van der Waals surface area contributed by atoms with Crippen LogP contribution >= 0.6 is 0 Å². The van der Waals surface area contributed by atoms with Crippen molar-refractivity contribution >= 4 is 0 Å². The van der Waals surface area contributed by atoms with E-state index in [-0.39, 0.29) is 11.9 Å². The molecule has 0 aromatic carbocycles. The summed E-state index contributed by atoms with van der Waals surface area (Å²) in [6, 6.07) is 3.35. The molecular formula is C12H15FN4. The van der Waals surface area contributed by atoms with Gasteiger partial charge in [0.15, 0.2) is 0 Å². The zero-order valence-corrected chi connectivity index (χ0v) is 10.1. The molecule has 2 aromatic heterocycles. The number of pyridine rings is 1. The monoisotopic (exact) mass is 234 g/mol. The van der Waals surface area contributed by atoms with Crippen molar-refractivity contribution in [1.29, 1.82) is 0 Å². The van der Waals surface area contributed by atoms with Gasteiger partial charge in [0, 0.05) is 13.2 Å². The highest BCUT2D eigenvalue weighted by atomic mass is 19.1. The van der Waals surface area contributed by atoms with E-state index in [2.05, 4.69) is 15.4 Å². The van der Waals surface area contributed by atoms with Crippen LogP contribution in [0.3, 0.4) is 0 Å². The molecule has 0 amide bonds. The second kappa shape index (κ2) is 4.63. The Morgan fingerprint density at radius 2 is 2.12 bits per heavy atom. The highest BCUT2D eigenvalue weighted by Crippen LogP contribution is 2.21. The Kier molecular flexibility index (Phi) is 3.19. The van der Waals surface area contributed by atoms with Gasteiger partial charge in [-0.25, -0.2) is 4.39 Å². The smallest absolute Gasteiger partial charge is 0.141 e.